The van der Waals surface area contributed by atoms with Gasteiger partial charge in [0, 0.05) is 46.6 Å². The summed E-state index contributed by atoms with van der Waals surface area (Å²) in [6, 6.07) is 13.3. The van der Waals surface area contributed by atoms with Crippen LogP contribution in [0.25, 0.3) is 11.0 Å². The van der Waals surface area contributed by atoms with E-state index in [4.69, 9.17) is 0 Å². The average molecular weight is 469 g/mol. The first-order valence-corrected chi connectivity index (χ1v) is 12.9. The smallest absolute Gasteiger partial charge is 0.243 e. The molecule has 0 spiro atoms. The highest BCUT2D eigenvalue weighted by Crippen LogP contribution is 2.25. The maximum absolute atomic E-state index is 13.0. The summed E-state index contributed by atoms with van der Waals surface area (Å²) in [6.07, 6.45) is 3.73. The van der Waals surface area contributed by atoms with E-state index in [0.717, 1.165) is 36.2 Å². The normalized spacial score (nSPS) is 15.1. The number of nitrogens with zero attached hydrogens (tertiary/aromatic N) is 4. The maximum Gasteiger partial charge on any atom is 0.243 e. The predicted molar refractivity (Wildman–Crippen MR) is 129 cm³/mol. The van der Waals surface area contributed by atoms with Crippen LogP contribution in [-0.2, 0) is 34.8 Å². The molecule has 3 aromatic rings. The van der Waals surface area contributed by atoms with Gasteiger partial charge >= 0.3 is 0 Å². The molecule has 1 aliphatic heterocycles. The molecular weight excluding hydrogens is 436 g/mol. The fourth-order valence-electron chi connectivity index (χ4n) is 4.33. The summed E-state index contributed by atoms with van der Waals surface area (Å²) in [4.78, 5) is 19.4. The van der Waals surface area contributed by atoms with Gasteiger partial charge in [-0.15, -0.1) is 0 Å². The van der Waals surface area contributed by atoms with E-state index < -0.39 is 10.0 Å². The van der Waals surface area contributed by atoms with Crippen molar-refractivity contribution in [2.45, 2.75) is 50.5 Å². The summed E-state index contributed by atoms with van der Waals surface area (Å²) in [6.45, 7) is 3.76. The molecule has 8 heteroatoms. The number of rotatable bonds is 7. The fraction of sp³-hybridized carbons (Fsp3) is 0.440. The van der Waals surface area contributed by atoms with Crippen molar-refractivity contribution in [1.82, 2.24) is 18.8 Å². The van der Waals surface area contributed by atoms with Crippen LogP contribution in [0.2, 0.25) is 0 Å². The van der Waals surface area contributed by atoms with Crippen molar-refractivity contribution in [3.05, 3.63) is 59.4 Å². The van der Waals surface area contributed by atoms with Gasteiger partial charge in [0.15, 0.2) is 0 Å². The van der Waals surface area contributed by atoms with Gasteiger partial charge in [-0.2, -0.15) is 4.31 Å². The molecule has 2 aromatic carbocycles. The third kappa shape index (κ3) is 5.12. The summed E-state index contributed by atoms with van der Waals surface area (Å²) in [5.74, 6) is 0.825. The van der Waals surface area contributed by atoms with E-state index in [2.05, 4.69) is 4.98 Å². The number of hydrogen-bond acceptors (Lipinski definition) is 4. The van der Waals surface area contributed by atoms with E-state index in [0.29, 0.717) is 38.0 Å². The molecule has 7 nitrogen and oxygen atoms in total. The molecule has 0 radical (unpaired) electrons. The van der Waals surface area contributed by atoms with Gasteiger partial charge in [0.25, 0.3) is 0 Å². The zero-order valence-electron chi connectivity index (χ0n) is 19.6. The van der Waals surface area contributed by atoms with Crippen molar-refractivity contribution in [2.75, 3.05) is 20.1 Å². The van der Waals surface area contributed by atoms with E-state index in [9.17, 15) is 13.2 Å². The van der Waals surface area contributed by atoms with Gasteiger partial charge in [-0.25, -0.2) is 13.4 Å². The second-order valence-corrected chi connectivity index (χ2v) is 10.9. The molecule has 0 aliphatic carbocycles. The number of amides is 1. The highest BCUT2D eigenvalue weighted by Gasteiger charge is 2.26. The molecule has 0 saturated carbocycles. The lowest BCUT2D eigenvalue weighted by molar-refractivity contribution is -0.130. The molecule has 0 unspecified atom stereocenters. The fourth-order valence-corrected chi connectivity index (χ4v) is 5.87. The SMILES string of the molecule is Cc1ccc(CN(C)C(=O)CCc2nc3cc(S(=O)(=O)N4CCCCC4)ccc3n2C)cc1. The van der Waals surface area contributed by atoms with Crippen molar-refractivity contribution in [3.63, 3.8) is 0 Å². The number of aryl methyl sites for hydroxylation is 3. The lowest BCUT2D eigenvalue weighted by Crippen LogP contribution is -2.35. The van der Waals surface area contributed by atoms with Gasteiger partial charge < -0.3 is 9.47 Å². The van der Waals surface area contributed by atoms with Gasteiger partial charge in [0.2, 0.25) is 15.9 Å². The number of fused-ring (bicyclic) bond motifs is 1. The number of piperidine rings is 1. The van der Waals surface area contributed by atoms with Gasteiger partial charge in [0.1, 0.15) is 5.82 Å². The molecule has 0 N–H and O–H groups in total. The molecule has 1 fully saturated rings. The largest absolute Gasteiger partial charge is 0.341 e. The molecule has 1 saturated heterocycles. The minimum atomic E-state index is -3.50. The van der Waals surface area contributed by atoms with E-state index in [1.165, 1.54) is 5.56 Å². The van der Waals surface area contributed by atoms with E-state index >= 15 is 0 Å². The predicted octanol–water partition coefficient (Wildman–Crippen LogP) is 3.65. The second kappa shape index (κ2) is 9.65. The molecule has 2 heterocycles. The molecule has 33 heavy (non-hydrogen) atoms. The Morgan fingerprint density at radius 2 is 1.76 bits per heavy atom. The molecule has 1 aromatic heterocycles. The molecule has 176 valence electrons. The Kier molecular flexibility index (Phi) is 6.86. The number of sulfonamides is 1. The summed E-state index contributed by atoms with van der Waals surface area (Å²) in [5, 5.41) is 0. The second-order valence-electron chi connectivity index (χ2n) is 8.94. The third-order valence-corrected chi connectivity index (χ3v) is 8.32. The summed E-state index contributed by atoms with van der Waals surface area (Å²) in [7, 11) is 0.218. The topological polar surface area (TPSA) is 75.5 Å². The van der Waals surface area contributed by atoms with Crippen molar-refractivity contribution < 1.29 is 13.2 Å². The van der Waals surface area contributed by atoms with Crippen molar-refractivity contribution in [3.8, 4) is 0 Å². The van der Waals surface area contributed by atoms with E-state index in [-0.39, 0.29) is 10.8 Å². The summed E-state index contributed by atoms with van der Waals surface area (Å²) >= 11 is 0. The number of carbonyl (C=O) groups excluding carboxylic acids is 1. The lowest BCUT2D eigenvalue weighted by atomic mass is 10.1. The Bertz CT molecular complexity index is 1240. The third-order valence-electron chi connectivity index (χ3n) is 6.43. The van der Waals surface area contributed by atoms with Crippen LogP contribution in [0.3, 0.4) is 0 Å². The van der Waals surface area contributed by atoms with Crippen molar-refractivity contribution >= 4 is 27.0 Å². The highest BCUT2D eigenvalue weighted by atomic mass is 32.2. The number of benzene rings is 2. The zero-order valence-corrected chi connectivity index (χ0v) is 20.4. The number of carbonyl (C=O) groups is 1. The van der Waals surface area contributed by atoms with E-state index in [1.54, 1.807) is 21.3 Å². The lowest BCUT2D eigenvalue weighted by Gasteiger charge is -2.25. The summed E-state index contributed by atoms with van der Waals surface area (Å²) < 4.78 is 29.6. The Hall–Kier alpha value is -2.71. The van der Waals surface area contributed by atoms with Crippen LogP contribution in [0.4, 0.5) is 0 Å². The first kappa shape index (κ1) is 23.4. The number of imidazole rings is 1. The Morgan fingerprint density at radius 1 is 1.06 bits per heavy atom. The first-order chi connectivity index (χ1) is 15.8. The quantitative estimate of drug-likeness (QED) is 0.530. The van der Waals surface area contributed by atoms with Crippen LogP contribution >= 0.6 is 0 Å². The van der Waals surface area contributed by atoms with Gasteiger partial charge in [-0.3, -0.25) is 4.79 Å². The molecular formula is C25H32N4O3S. The minimum Gasteiger partial charge on any atom is -0.341 e. The summed E-state index contributed by atoms with van der Waals surface area (Å²) in [5.41, 5.74) is 3.80. The van der Waals surface area contributed by atoms with Crippen LogP contribution in [0, 0.1) is 6.92 Å². The number of hydrogen-bond donors (Lipinski definition) is 0. The van der Waals surface area contributed by atoms with Crippen LogP contribution in [0.1, 0.15) is 42.6 Å². The monoisotopic (exact) mass is 468 g/mol. The minimum absolute atomic E-state index is 0.0518. The van der Waals surface area contributed by atoms with Crippen LogP contribution in [-0.4, -0.2) is 53.2 Å². The Balaban J connectivity index is 1.45. The standard InChI is InChI=1S/C25H32N4O3S/c1-19-7-9-20(10-8-19)18-27(2)25(30)14-13-24-26-22-17-21(11-12-23(22)28(24)3)33(31,32)29-15-5-4-6-16-29/h7-12,17H,4-6,13-16,18H2,1-3H3. The Morgan fingerprint density at radius 3 is 2.45 bits per heavy atom. The molecule has 1 amide bonds. The van der Waals surface area contributed by atoms with Gasteiger partial charge in [-0.05, 0) is 43.5 Å². The number of aromatic nitrogens is 2. The first-order valence-electron chi connectivity index (χ1n) is 11.5. The van der Waals surface area contributed by atoms with Gasteiger partial charge in [0.05, 0.1) is 15.9 Å². The van der Waals surface area contributed by atoms with Crippen molar-refractivity contribution in [2.24, 2.45) is 7.05 Å². The van der Waals surface area contributed by atoms with Gasteiger partial charge in [-0.1, -0.05) is 36.2 Å². The highest BCUT2D eigenvalue weighted by molar-refractivity contribution is 7.89. The van der Waals surface area contributed by atoms with Crippen LogP contribution in [0.5, 0.6) is 0 Å². The zero-order chi connectivity index (χ0) is 23.6. The molecule has 1 aliphatic rings. The van der Waals surface area contributed by atoms with Crippen LogP contribution < -0.4 is 0 Å². The molecule has 0 bridgehead atoms. The molecule has 0 atom stereocenters. The average Bonchev–Trinajstić information content (AvgIpc) is 3.14. The maximum atomic E-state index is 13.0. The van der Waals surface area contributed by atoms with Crippen molar-refractivity contribution in [1.29, 1.82) is 0 Å². The molecule has 4 rings (SSSR count). The van der Waals surface area contributed by atoms with Crippen LogP contribution in [0.15, 0.2) is 47.4 Å². The van der Waals surface area contributed by atoms with E-state index in [1.807, 2.05) is 55.9 Å². The Labute approximate surface area is 196 Å².